The number of esters is 4. The Balaban J connectivity index is 5.20. The normalized spacial score (nSPS) is 14.5. The predicted octanol–water partition coefficient (Wildman–Crippen LogP) is 20.2. The molecule has 0 aliphatic carbocycles. The smallest absolute Gasteiger partial charge is 0.462 e. The zero-order valence-electron chi connectivity index (χ0n) is 58.6. The van der Waals surface area contributed by atoms with Gasteiger partial charge in [-0.15, -0.1) is 0 Å². The Kier molecular flexibility index (Phi) is 60.6. The number of unbranched alkanes of at least 4 members (excludes halogenated alkanes) is 36. The van der Waals surface area contributed by atoms with E-state index in [2.05, 4.69) is 48.5 Å². The number of hydrogen-bond donors (Lipinski definition) is 3. The van der Waals surface area contributed by atoms with E-state index in [0.717, 1.165) is 108 Å². The summed E-state index contributed by atoms with van der Waals surface area (Å²) in [5.74, 6) is 0.0228. The summed E-state index contributed by atoms with van der Waals surface area (Å²) < 4.78 is 68.3. The van der Waals surface area contributed by atoms with Gasteiger partial charge in [0.05, 0.1) is 26.4 Å². The second kappa shape index (κ2) is 61.9. The Bertz CT molecular complexity index is 1770. The SMILES string of the molecule is CCCCCCCCCCCCCCCCCCCCCC(=O)O[C@H](COC(=O)CCCCCCCCCCC(C)C)COP(=O)(O)OC[C@@H](O)COP(=O)(O)OC[C@@H](COC(=O)CCCCCCCCC(C)CC)OC(=O)CCCCCCCCCC(C)C. The fourth-order valence-corrected chi connectivity index (χ4v) is 12.3. The first-order chi connectivity index (χ1) is 43.3. The van der Waals surface area contributed by atoms with Crippen molar-refractivity contribution in [2.45, 2.75) is 375 Å². The molecule has 90 heavy (non-hydrogen) atoms. The summed E-state index contributed by atoms with van der Waals surface area (Å²) in [6.45, 7) is 11.7. The first-order valence-electron chi connectivity index (χ1n) is 36.9. The number of aliphatic hydroxyl groups is 1. The molecule has 0 aliphatic rings. The summed E-state index contributed by atoms with van der Waals surface area (Å²) in [7, 11) is -9.90. The van der Waals surface area contributed by atoms with Crippen molar-refractivity contribution < 1.29 is 80.2 Å². The first-order valence-corrected chi connectivity index (χ1v) is 39.9. The van der Waals surface area contributed by atoms with Crippen LogP contribution in [0.25, 0.3) is 0 Å². The minimum absolute atomic E-state index is 0.102. The first kappa shape index (κ1) is 88.1. The molecule has 0 fully saturated rings. The van der Waals surface area contributed by atoms with Crippen LogP contribution in [0.1, 0.15) is 357 Å². The number of rotatable bonds is 69. The number of phosphoric ester groups is 2. The van der Waals surface area contributed by atoms with E-state index in [1.54, 1.807) is 0 Å². The van der Waals surface area contributed by atoms with Crippen LogP contribution in [-0.2, 0) is 65.4 Å². The van der Waals surface area contributed by atoms with Gasteiger partial charge in [-0.3, -0.25) is 37.3 Å². The number of hydrogen-bond acceptors (Lipinski definition) is 15. The second-order valence-corrected chi connectivity index (χ2v) is 29.7. The van der Waals surface area contributed by atoms with Crippen LogP contribution in [0.15, 0.2) is 0 Å². The molecule has 0 aromatic rings. The van der Waals surface area contributed by atoms with Crippen LogP contribution in [-0.4, -0.2) is 96.7 Å². The van der Waals surface area contributed by atoms with Gasteiger partial charge in [0.2, 0.25) is 0 Å². The highest BCUT2D eigenvalue weighted by Gasteiger charge is 2.30. The van der Waals surface area contributed by atoms with E-state index in [1.807, 2.05) is 0 Å². The zero-order chi connectivity index (χ0) is 66.6. The van der Waals surface area contributed by atoms with Gasteiger partial charge in [-0.2, -0.15) is 0 Å². The Morgan fingerprint density at radius 3 is 0.844 bits per heavy atom. The van der Waals surface area contributed by atoms with Crippen molar-refractivity contribution in [2.75, 3.05) is 39.6 Å². The van der Waals surface area contributed by atoms with Crippen LogP contribution in [0.4, 0.5) is 0 Å². The molecule has 3 unspecified atom stereocenters. The van der Waals surface area contributed by atoms with Crippen LogP contribution in [0.5, 0.6) is 0 Å². The molecule has 3 N–H and O–H groups in total. The predicted molar refractivity (Wildman–Crippen MR) is 363 cm³/mol. The van der Waals surface area contributed by atoms with Gasteiger partial charge in [-0.1, -0.05) is 305 Å². The van der Waals surface area contributed by atoms with Crippen molar-refractivity contribution in [3.63, 3.8) is 0 Å². The molecule has 0 amide bonds. The molecule has 0 aromatic carbocycles. The van der Waals surface area contributed by atoms with Crippen LogP contribution < -0.4 is 0 Å². The van der Waals surface area contributed by atoms with Crippen molar-refractivity contribution >= 4 is 39.5 Å². The number of aliphatic hydroxyl groups excluding tert-OH is 1. The van der Waals surface area contributed by atoms with Gasteiger partial charge in [0.15, 0.2) is 12.2 Å². The lowest BCUT2D eigenvalue weighted by Gasteiger charge is -2.21. The lowest BCUT2D eigenvalue weighted by Crippen LogP contribution is -2.30. The summed E-state index contributed by atoms with van der Waals surface area (Å²) >= 11 is 0. The number of carbonyl (C=O) groups is 4. The highest BCUT2D eigenvalue weighted by atomic mass is 31.2. The quantitative estimate of drug-likeness (QED) is 0.0222. The van der Waals surface area contributed by atoms with Gasteiger partial charge in [0.25, 0.3) is 0 Å². The van der Waals surface area contributed by atoms with Crippen molar-refractivity contribution in [1.82, 2.24) is 0 Å². The Morgan fingerprint density at radius 2 is 0.567 bits per heavy atom. The van der Waals surface area contributed by atoms with Crippen LogP contribution >= 0.6 is 15.6 Å². The van der Waals surface area contributed by atoms with E-state index in [-0.39, 0.29) is 25.7 Å². The minimum atomic E-state index is -4.95. The number of phosphoric acid groups is 2. The van der Waals surface area contributed by atoms with Crippen LogP contribution in [0.2, 0.25) is 0 Å². The summed E-state index contributed by atoms with van der Waals surface area (Å²) in [5, 5.41) is 10.6. The average molecular weight is 1330 g/mol. The maximum Gasteiger partial charge on any atom is 0.472 e. The van der Waals surface area contributed by atoms with Gasteiger partial charge >= 0.3 is 39.5 Å². The maximum absolute atomic E-state index is 13.0. The Hall–Kier alpha value is -1.94. The summed E-state index contributed by atoms with van der Waals surface area (Å²) in [6.07, 6.45) is 46.1. The topological polar surface area (TPSA) is 237 Å². The molecule has 6 atom stereocenters. The van der Waals surface area contributed by atoms with Crippen molar-refractivity contribution in [3.05, 3.63) is 0 Å². The van der Waals surface area contributed by atoms with E-state index in [1.165, 1.54) is 161 Å². The molecule has 0 aliphatic heterocycles. The van der Waals surface area contributed by atoms with E-state index in [0.29, 0.717) is 31.6 Å². The standard InChI is InChI=1S/C71H138O17P2/c1-8-10-11-12-13-14-15-16-17-18-19-20-21-22-23-24-31-40-47-54-70(75)87-66(58-81-68(73)52-45-38-30-26-25-28-35-42-49-62(3)4)60-85-89(77,78)83-56-65(72)57-84-90(79,80)86-61-67(88-71(76)55-48-41-32-27-29-36-43-50-63(5)6)59-82-69(74)53-46-39-34-33-37-44-51-64(7)9-2/h62-67,72H,8-61H2,1-7H3,(H,77,78)(H,79,80)/t64?,65-,66-,67-/m1/s1. The molecule has 0 spiro atoms. The zero-order valence-corrected chi connectivity index (χ0v) is 60.4. The molecule has 17 nitrogen and oxygen atoms in total. The third-order valence-corrected chi connectivity index (χ3v) is 18.6. The molecular formula is C71H138O17P2. The monoisotopic (exact) mass is 1320 g/mol. The second-order valence-electron chi connectivity index (χ2n) is 26.8. The summed E-state index contributed by atoms with van der Waals surface area (Å²) in [5.41, 5.74) is 0. The minimum Gasteiger partial charge on any atom is -0.462 e. The molecule has 0 saturated heterocycles. The molecule has 0 aromatic heterocycles. The van der Waals surface area contributed by atoms with Gasteiger partial charge < -0.3 is 33.8 Å². The molecular weight excluding hydrogens is 1190 g/mol. The molecule has 0 saturated carbocycles. The van der Waals surface area contributed by atoms with Gasteiger partial charge in [-0.05, 0) is 43.4 Å². The lowest BCUT2D eigenvalue weighted by atomic mass is 10.00. The van der Waals surface area contributed by atoms with E-state index in [4.69, 9.17) is 37.0 Å². The molecule has 19 heteroatoms. The number of ether oxygens (including phenoxy) is 4. The average Bonchev–Trinajstić information content (AvgIpc) is 3.72. The Morgan fingerprint density at radius 1 is 0.322 bits per heavy atom. The molecule has 0 radical (unpaired) electrons. The highest BCUT2D eigenvalue weighted by Crippen LogP contribution is 2.45. The summed E-state index contributed by atoms with van der Waals surface area (Å²) in [6, 6.07) is 0. The van der Waals surface area contributed by atoms with Crippen LogP contribution in [0, 0.1) is 17.8 Å². The van der Waals surface area contributed by atoms with Gasteiger partial charge in [0.1, 0.15) is 19.3 Å². The molecule has 0 heterocycles. The molecule has 0 bridgehead atoms. The summed E-state index contributed by atoms with van der Waals surface area (Å²) in [4.78, 5) is 72.5. The third-order valence-electron chi connectivity index (χ3n) is 16.7. The number of carbonyl (C=O) groups excluding carboxylic acids is 4. The van der Waals surface area contributed by atoms with E-state index in [9.17, 15) is 43.2 Å². The van der Waals surface area contributed by atoms with E-state index < -0.39 is 97.5 Å². The lowest BCUT2D eigenvalue weighted by molar-refractivity contribution is -0.161. The Labute approximate surface area is 549 Å². The fraction of sp³-hybridized carbons (Fsp3) is 0.944. The molecule has 0 rings (SSSR count). The van der Waals surface area contributed by atoms with Gasteiger partial charge in [0, 0.05) is 25.7 Å². The fourth-order valence-electron chi connectivity index (χ4n) is 10.7. The van der Waals surface area contributed by atoms with Crippen molar-refractivity contribution in [2.24, 2.45) is 17.8 Å². The van der Waals surface area contributed by atoms with Crippen LogP contribution in [0.3, 0.4) is 0 Å². The molecule has 534 valence electrons. The highest BCUT2D eigenvalue weighted by molar-refractivity contribution is 7.47. The largest absolute Gasteiger partial charge is 0.472 e. The third kappa shape index (κ3) is 63.5. The van der Waals surface area contributed by atoms with E-state index >= 15 is 0 Å². The van der Waals surface area contributed by atoms with Gasteiger partial charge in [-0.25, -0.2) is 9.13 Å². The van der Waals surface area contributed by atoms with Crippen molar-refractivity contribution in [1.29, 1.82) is 0 Å². The maximum atomic E-state index is 13.0. The van der Waals surface area contributed by atoms with Crippen molar-refractivity contribution in [3.8, 4) is 0 Å².